The first-order valence-corrected chi connectivity index (χ1v) is 7.15. The summed E-state index contributed by atoms with van der Waals surface area (Å²) in [5.74, 6) is -0.132. The van der Waals surface area contributed by atoms with Crippen LogP contribution in [0.3, 0.4) is 0 Å². The molecule has 0 bridgehead atoms. The molecule has 0 aromatic heterocycles. The minimum Gasteiger partial charge on any atom is -0.465 e. The van der Waals surface area contributed by atoms with Crippen LogP contribution in [0.4, 0.5) is 0 Å². The first kappa shape index (κ1) is 15.4. The molecule has 0 radical (unpaired) electrons. The Labute approximate surface area is 110 Å². The molecule has 1 unspecified atom stereocenters. The van der Waals surface area contributed by atoms with Gasteiger partial charge in [-0.2, -0.15) is 0 Å². The fourth-order valence-electron chi connectivity index (χ4n) is 1.98. The smallest absolute Gasteiger partial charge is 0.326 e. The minimum absolute atomic E-state index is 0.132. The zero-order valence-corrected chi connectivity index (χ0v) is 12.0. The van der Waals surface area contributed by atoms with Gasteiger partial charge < -0.3 is 9.47 Å². The Hall–Kier alpha value is -0.610. The first-order valence-electron chi connectivity index (χ1n) is 7.15. The fraction of sp³-hybridized carbons (Fsp3) is 0.929. The molecule has 18 heavy (non-hydrogen) atoms. The Morgan fingerprint density at radius 3 is 2.61 bits per heavy atom. The summed E-state index contributed by atoms with van der Waals surface area (Å²) in [6.07, 6.45) is 5.03. The van der Waals surface area contributed by atoms with Gasteiger partial charge in [0.05, 0.1) is 6.61 Å². The van der Waals surface area contributed by atoms with Crippen LogP contribution in [-0.2, 0) is 14.3 Å². The number of carbonyl (C=O) groups is 1. The number of carbonyl (C=O) groups excluding carboxylic acids is 1. The summed E-state index contributed by atoms with van der Waals surface area (Å²) < 4.78 is 10.6. The number of hydrogen-bond donors (Lipinski definition) is 1. The quantitative estimate of drug-likeness (QED) is 0.482. The third-order valence-corrected chi connectivity index (χ3v) is 3.14. The van der Waals surface area contributed by atoms with Crippen molar-refractivity contribution in [2.45, 2.75) is 64.5 Å². The summed E-state index contributed by atoms with van der Waals surface area (Å²) >= 11 is 0. The van der Waals surface area contributed by atoms with Crippen molar-refractivity contribution in [1.29, 1.82) is 0 Å². The standard InChI is InChI=1S/C14H27NO3/c1-4-10-17-11-6-9-14(3,13(16)18-5-2)15-12-7-8-12/h12,15H,4-11H2,1-3H3. The molecule has 0 amide bonds. The van der Waals surface area contributed by atoms with Crippen LogP contribution in [0, 0.1) is 0 Å². The Balaban J connectivity index is 2.35. The van der Waals surface area contributed by atoms with Crippen LogP contribution >= 0.6 is 0 Å². The van der Waals surface area contributed by atoms with Crippen molar-refractivity contribution in [2.75, 3.05) is 19.8 Å². The van der Waals surface area contributed by atoms with Crippen LogP contribution in [0.5, 0.6) is 0 Å². The average molecular weight is 257 g/mol. The van der Waals surface area contributed by atoms with E-state index in [0.717, 1.165) is 32.5 Å². The van der Waals surface area contributed by atoms with Gasteiger partial charge in [-0.25, -0.2) is 0 Å². The van der Waals surface area contributed by atoms with Gasteiger partial charge in [0.2, 0.25) is 0 Å². The van der Waals surface area contributed by atoms with Crippen LogP contribution in [0.2, 0.25) is 0 Å². The highest BCUT2D eigenvalue weighted by molar-refractivity contribution is 5.80. The van der Waals surface area contributed by atoms with Crippen LogP contribution in [0.1, 0.15) is 52.9 Å². The van der Waals surface area contributed by atoms with E-state index >= 15 is 0 Å². The number of ether oxygens (including phenoxy) is 2. The van der Waals surface area contributed by atoms with Gasteiger partial charge in [-0.05, 0) is 46.0 Å². The molecule has 106 valence electrons. The molecular weight excluding hydrogens is 230 g/mol. The number of nitrogens with one attached hydrogen (secondary N) is 1. The van der Waals surface area contributed by atoms with Crippen molar-refractivity contribution in [1.82, 2.24) is 5.32 Å². The predicted octanol–water partition coefficient (Wildman–Crippen LogP) is 2.27. The van der Waals surface area contributed by atoms with E-state index in [2.05, 4.69) is 12.2 Å². The molecule has 4 nitrogen and oxygen atoms in total. The topological polar surface area (TPSA) is 47.6 Å². The van der Waals surface area contributed by atoms with Crippen molar-refractivity contribution in [3.8, 4) is 0 Å². The van der Waals surface area contributed by atoms with E-state index in [9.17, 15) is 4.79 Å². The van der Waals surface area contributed by atoms with Gasteiger partial charge in [-0.1, -0.05) is 6.92 Å². The molecule has 0 aromatic carbocycles. The first-order chi connectivity index (χ1) is 8.62. The second-order valence-electron chi connectivity index (χ2n) is 5.19. The molecule has 0 heterocycles. The summed E-state index contributed by atoms with van der Waals surface area (Å²) in [5, 5.41) is 3.41. The molecule has 1 rings (SSSR count). The third kappa shape index (κ3) is 5.36. The van der Waals surface area contributed by atoms with E-state index < -0.39 is 5.54 Å². The van der Waals surface area contributed by atoms with E-state index in [0.29, 0.717) is 12.6 Å². The third-order valence-electron chi connectivity index (χ3n) is 3.14. The maximum Gasteiger partial charge on any atom is 0.326 e. The lowest BCUT2D eigenvalue weighted by atomic mass is 9.95. The van der Waals surface area contributed by atoms with E-state index in [1.54, 1.807) is 0 Å². The van der Waals surface area contributed by atoms with Crippen molar-refractivity contribution in [2.24, 2.45) is 0 Å². The SMILES string of the molecule is CCCOCCCC(C)(NC1CC1)C(=O)OCC. The fourth-order valence-corrected chi connectivity index (χ4v) is 1.98. The van der Waals surface area contributed by atoms with Gasteiger partial charge in [-0.3, -0.25) is 10.1 Å². The average Bonchev–Trinajstić information content (AvgIpc) is 3.13. The summed E-state index contributed by atoms with van der Waals surface area (Å²) in [6, 6.07) is 0.496. The molecular formula is C14H27NO3. The summed E-state index contributed by atoms with van der Waals surface area (Å²) in [7, 11) is 0. The van der Waals surface area contributed by atoms with E-state index in [1.165, 1.54) is 12.8 Å². The molecule has 0 aliphatic heterocycles. The Morgan fingerprint density at radius 2 is 2.06 bits per heavy atom. The highest BCUT2D eigenvalue weighted by atomic mass is 16.5. The molecule has 1 fully saturated rings. The van der Waals surface area contributed by atoms with Crippen molar-refractivity contribution in [3.05, 3.63) is 0 Å². The van der Waals surface area contributed by atoms with Crippen molar-refractivity contribution < 1.29 is 14.3 Å². The molecule has 0 saturated heterocycles. The number of hydrogen-bond acceptors (Lipinski definition) is 4. The monoisotopic (exact) mass is 257 g/mol. The molecule has 0 spiro atoms. The van der Waals surface area contributed by atoms with Gasteiger partial charge in [0.25, 0.3) is 0 Å². The summed E-state index contributed by atoms with van der Waals surface area (Å²) in [6.45, 7) is 7.84. The van der Waals surface area contributed by atoms with Gasteiger partial charge in [-0.15, -0.1) is 0 Å². The zero-order valence-electron chi connectivity index (χ0n) is 12.0. The van der Waals surface area contributed by atoms with Crippen molar-refractivity contribution >= 4 is 5.97 Å². The van der Waals surface area contributed by atoms with E-state index in [4.69, 9.17) is 9.47 Å². The summed E-state index contributed by atoms with van der Waals surface area (Å²) in [4.78, 5) is 12.0. The molecule has 1 aliphatic rings. The van der Waals surface area contributed by atoms with Gasteiger partial charge in [0.1, 0.15) is 5.54 Å². The highest BCUT2D eigenvalue weighted by Gasteiger charge is 2.39. The van der Waals surface area contributed by atoms with E-state index in [1.807, 2.05) is 13.8 Å². The van der Waals surface area contributed by atoms with Crippen LogP contribution < -0.4 is 5.32 Å². The van der Waals surface area contributed by atoms with Crippen molar-refractivity contribution in [3.63, 3.8) is 0 Å². The number of esters is 1. The lowest BCUT2D eigenvalue weighted by molar-refractivity contribution is -0.151. The van der Waals surface area contributed by atoms with Crippen LogP contribution in [0.25, 0.3) is 0 Å². The predicted molar refractivity (Wildman–Crippen MR) is 71.5 cm³/mol. The molecule has 1 atom stereocenters. The van der Waals surface area contributed by atoms with Gasteiger partial charge in [0.15, 0.2) is 0 Å². The highest BCUT2D eigenvalue weighted by Crippen LogP contribution is 2.25. The Bertz CT molecular complexity index is 253. The zero-order chi connectivity index (χ0) is 13.4. The molecule has 4 heteroatoms. The minimum atomic E-state index is -0.549. The lowest BCUT2D eigenvalue weighted by Gasteiger charge is -2.28. The Morgan fingerprint density at radius 1 is 1.33 bits per heavy atom. The lowest BCUT2D eigenvalue weighted by Crippen LogP contribution is -2.51. The normalized spacial score (nSPS) is 18.4. The van der Waals surface area contributed by atoms with Crippen LogP contribution in [-0.4, -0.2) is 37.4 Å². The maximum atomic E-state index is 12.0. The van der Waals surface area contributed by atoms with Gasteiger partial charge in [0, 0.05) is 19.3 Å². The Kier molecular flexibility index (Phi) is 6.65. The van der Waals surface area contributed by atoms with Crippen LogP contribution in [0.15, 0.2) is 0 Å². The second-order valence-corrected chi connectivity index (χ2v) is 5.19. The molecule has 1 saturated carbocycles. The largest absolute Gasteiger partial charge is 0.465 e. The van der Waals surface area contributed by atoms with E-state index in [-0.39, 0.29) is 5.97 Å². The molecule has 1 aliphatic carbocycles. The second kappa shape index (κ2) is 7.74. The summed E-state index contributed by atoms with van der Waals surface area (Å²) in [5.41, 5.74) is -0.549. The van der Waals surface area contributed by atoms with Gasteiger partial charge >= 0.3 is 5.97 Å². The molecule has 0 aromatic rings. The molecule has 1 N–H and O–H groups in total. The maximum absolute atomic E-state index is 12.0. The number of rotatable bonds is 10.